The van der Waals surface area contributed by atoms with Gasteiger partial charge >= 0.3 is 5.97 Å². The topological polar surface area (TPSA) is 59.3 Å². The Hall–Kier alpha value is -2.28. The molecule has 1 rings (SSSR count). The van der Waals surface area contributed by atoms with Crippen LogP contribution in [0.1, 0.15) is 5.56 Å². The van der Waals surface area contributed by atoms with Gasteiger partial charge in [-0.05, 0) is 0 Å². The maximum atomic E-state index is 11.3. The first-order valence-corrected chi connectivity index (χ1v) is 4.56. The molecular weight excluding hydrogens is 206 g/mol. The molecule has 0 aromatic heterocycles. The van der Waals surface area contributed by atoms with Crippen molar-refractivity contribution in [3.05, 3.63) is 41.5 Å². The molecule has 0 spiro atoms. The standard InChI is InChI=1S/C12H11NO3/c1-15-11(9-6-4-3-5-7-9)10(8-13)12(14)16-2/h3-7H,1-2H3. The lowest BCUT2D eigenvalue weighted by atomic mass is 10.1. The summed E-state index contributed by atoms with van der Waals surface area (Å²) < 4.78 is 9.58. The van der Waals surface area contributed by atoms with Gasteiger partial charge in [0.2, 0.25) is 0 Å². The summed E-state index contributed by atoms with van der Waals surface area (Å²) in [6.45, 7) is 0. The minimum absolute atomic E-state index is 0.142. The predicted octanol–water partition coefficient (Wildman–Crippen LogP) is 1.74. The van der Waals surface area contributed by atoms with Crippen LogP contribution in [0.2, 0.25) is 0 Å². The third-order valence-electron chi connectivity index (χ3n) is 1.97. The molecule has 0 aliphatic heterocycles. The Bertz CT molecular complexity index is 443. The fraction of sp³-hybridized carbons (Fsp3) is 0.167. The summed E-state index contributed by atoms with van der Waals surface area (Å²) in [5, 5.41) is 8.90. The van der Waals surface area contributed by atoms with Crippen molar-refractivity contribution in [3.8, 4) is 6.07 Å². The zero-order valence-corrected chi connectivity index (χ0v) is 9.06. The van der Waals surface area contributed by atoms with Gasteiger partial charge < -0.3 is 9.47 Å². The number of hydrogen-bond acceptors (Lipinski definition) is 4. The number of rotatable bonds is 3. The van der Waals surface area contributed by atoms with Crippen molar-refractivity contribution in [1.82, 2.24) is 0 Å². The van der Waals surface area contributed by atoms with E-state index in [0.717, 1.165) is 0 Å². The molecular formula is C12H11NO3. The Balaban J connectivity index is 3.29. The van der Waals surface area contributed by atoms with Gasteiger partial charge in [0, 0.05) is 5.56 Å². The number of ether oxygens (including phenoxy) is 2. The van der Waals surface area contributed by atoms with Crippen LogP contribution >= 0.6 is 0 Å². The zero-order chi connectivity index (χ0) is 12.0. The first-order valence-electron chi connectivity index (χ1n) is 4.56. The van der Waals surface area contributed by atoms with Gasteiger partial charge in [0.15, 0.2) is 11.3 Å². The fourth-order valence-electron chi connectivity index (χ4n) is 1.24. The number of nitriles is 1. The fourth-order valence-corrected chi connectivity index (χ4v) is 1.24. The summed E-state index contributed by atoms with van der Waals surface area (Å²) in [5.41, 5.74) is 0.517. The van der Waals surface area contributed by atoms with Crippen LogP contribution in [0.15, 0.2) is 35.9 Å². The van der Waals surface area contributed by atoms with Crippen LogP contribution < -0.4 is 0 Å². The first kappa shape index (κ1) is 11.8. The monoisotopic (exact) mass is 217 g/mol. The summed E-state index contributed by atoms with van der Waals surface area (Å²) in [4.78, 5) is 11.3. The first-order chi connectivity index (χ1) is 7.74. The Morgan fingerprint density at radius 2 is 1.81 bits per heavy atom. The molecule has 0 heterocycles. The van der Waals surface area contributed by atoms with E-state index in [9.17, 15) is 4.79 Å². The predicted molar refractivity (Wildman–Crippen MR) is 58.0 cm³/mol. The van der Waals surface area contributed by atoms with Gasteiger partial charge in [-0.3, -0.25) is 0 Å². The second-order valence-corrected chi connectivity index (χ2v) is 2.88. The van der Waals surface area contributed by atoms with Gasteiger partial charge in [-0.1, -0.05) is 30.3 Å². The maximum absolute atomic E-state index is 11.3. The minimum atomic E-state index is -0.705. The molecule has 0 atom stereocenters. The number of hydrogen-bond donors (Lipinski definition) is 0. The molecule has 0 bridgehead atoms. The van der Waals surface area contributed by atoms with Crippen LogP contribution in [0.25, 0.3) is 5.76 Å². The van der Waals surface area contributed by atoms with Crippen molar-refractivity contribution in [3.63, 3.8) is 0 Å². The number of nitrogens with zero attached hydrogens (tertiary/aromatic N) is 1. The largest absolute Gasteiger partial charge is 0.494 e. The van der Waals surface area contributed by atoms with Crippen LogP contribution in [-0.2, 0) is 14.3 Å². The molecule has 1 aromatic carbocycles. The van der Waals surface area contributed by atoms with E-state index in [-0.39, 0.29) is 11.3 Å². The van der Waals surface area contributed by atoms with Crippen molar-refractivity contribution < 1.29 is 14.3 Å². The highest BCUT2D eigenvalue weighted by Gasteiger charge is 2.17. The third-order valence-corrected chi connectivity index (χ3v) is 1.97. The molecule has 0 fully saturated rings. The summed E-state index contributed by atoms with van der Waals surface area (Å²) in [7, 11) is 2.63. The number of methoxy groups -OCH3 is 2. The van der Waals surface area contributed by atoms with Gasteiger partial charge in [0.25, 0.3) is 0 Å². The quantitative estimate of drug-likeness (QED) is 0.335. The average molecular weight is 217 g/mol. The number of esters is 1. The molecule has 0 saturated heterocycles. The van der Waals surface area contributed by atoms with Crippen molar-refractivity contribution in [2.75, 3.05) is 14.2 Å². The number of carbonyl (C=O) groups excluding carboxylic acids is 1. The zero-order valence-electron chi connectivity index (χ0n) is 9.06. The molecule has 16 heavy (non-hydrogen) atoms. The highest BCUT2D eigenvalue weighted by molar-refractivity contribution is 6.00. The van der Waals surface area contributed by atoms with Crippen LogP contribution in [0.5, 0.6) is 0 Å². The Kier molecular flexibility index (Phi) is 4.10. The lowest BCUT2D eigenvalue weighted by molar-refractivity contribution is -0.135. The summed E-state index contributed by atoms with van der Waals surface area (Å²) >= 11 is 0. The molecule has 4 nitrogen and oxygen atoms in total. The van der Waals surface area contributed by atoms with E-state index in [1.807, 2.05) is 6.07 Å². The lowest BCUT2D eigenvalue weighted by Gasteiger charge is -2.07. The Morgan fingerprint density at radius 3 is 2.25 bits per heavy atom. The summed E-state index contributed by atoms with van der Waals surface area (Å²) in [6, 6.07) is 10.7. The van der Waals surface area contributed by atoms with E-state index in [2.05, 4.69) is 4.74 Å². The van der Waals surface area contributed by atoms with Crippen molar-refractivity contribution in [2.24, 2.45) is 0 Å². The minimum Gasteiger partial charge on any atom is -0.494 e. The molecule has 0 radical (unpaired) electrons. The second-order valence-electron chi connectivity index (χ2n) is 2.88. The molecule has 0 unspecified atom stereocenters. The van der Waals surface area contributed by atoms with Crippen LogP contribution in [0, 0.1) is 11.3 Å². The van der Waals surface area contributed by atoms with Gasteiger partial charge in [-0.15, -0.1) is 0 Å². The van der Waals surface area contributed by atoms with Gasteiger partial charge in [-0.25, -0.2) is 4.79 Å². The normalized spacial score (nSPS) is 11.1. The SMILES string of the molecule is COC(=O)C(C#N)=C(OC)c1ccccc1. The van der Waals surface area contributed by atoms with Crippen molar-refractivity contribution in [2.45, 2.75) is 0 Å². The number of benzene rings is 1. The van der Waals surface area contributed by atoms with E-state index < -0.39 is 5.97 Å². The highest BCUT2D eigenvalue weighted by atomic mass is 16.5. The van der Waals surface area contributed by atoms with E-state index in [1.165, 1.54) is 14.2 Å². The maximum Gasteiger partial charge on any atom is 0.352 e. The van der Waals surface area contributed by atoms with E-state index >= 15 is 0 Å². The van der Waals surface area contributed by atoms with Crippen molar-refractivity contribution >= 4 is 11.7 Å². The third kappa shape index (κ3) is 2.39. The Morgan fingerprint density at radius 1 is 1.19 bits per heavy atom. The van der Waals surface area contributed by atoms with Gasteiger partial charge in [-0.2, -0.15) is 5.26 Å². The second kappa shape index (κ2) is 5.56. The van der Waals surface area contributed by atoms with E-state index in [0.29, 0.717) is 5.56 Å². The molecule has 82 valence electrons. The molecule has 0 N–H and O–H groups in total. The van der Waals surface area contributed by atoms with Gasteiger partial charge in [0.05, 0.1) is 14.2 Å². The van der Waals surface area contributed by atoms with Crippen LogP contribution in [0.3, 0.4) is 0 Å². The summed E-state index contributed by atoms with van der Waals surface area (Å²) in [5.74, 6) is -0.488. The highest BCUT2D eigenvalue weighted by Crippen LogP contribution is 2.19. The molecule has 0 aliphatic rings. The molecule has 0 amide bonds. The van der Waals surface area contributed by atoms with E-state index in [4.69, 9.17) is 10.00 Å². The molecule has 0 aliphatic carbocycles. The lowest BCUT2D eigenvalue weighted by Crippen LogP contribution is -2.07. The van der Waals surface area contributed by atoms with Crippen LogP contribution in [-0.4, -0.2) is 20.2 Å². The van der Waals surface area contributed by atoms with E-state index in [1.54, 1.807) is 30.3 Å². The molecule has 1 aromatic rings. The van der Waals surface area contributed by atoms with Crippen LogP contribution in [0.4, 0.5) is 0 Å². The summed E-state index contributed by atoms with van der Waals surface area (Å²) in [6.07, 6.45) is 0. The molecule has 0 saturated carbocycles. The number of carbonyl (C=O) groups is 1. The van der Waals surface area contributed by atoms with Crippen molar-refractivity contribution in [1.29, 1.82) is 5.26 Å². The smallest absolute Gasteiger partial charge is 0.352 e. The molecule has 4 heteroatoms. The van der Waals surface area contributed by atoms with Gasteiger partial charge in [0.1, 0.15) is 6.07 Å². The average Bonchev–Trinajstić information content (AvgIpc) is 2.36. The Labute approximate surface area is 93.7 Å².